The molecule has 2 atom stereocenters. The van der Waals surface area contributed by atoms with Crippen LogP contribution in [-0.4, -0.2) is 35.9 Å². The van der Waals surface area contributed by atoms with E-state index in [0.29, 0.717) is 36.1 Å². The molecule has 0 N–H and O–H groups in total. The van der Waals surface area contributed by atoms with E-state index in [2.05, 4.69) is 4.99 Å². The Bertz CT molecular complexity index is 1060. The maximum absolute atomic E-state index is 12.9. The summed E-state index contributed by atoms with van der Waals surface area (Å²) in [5, 5.41) is 0. The first kappa shape index (κ1) is 18.7. The second kappa shape index (κ2) is 8.16. The van der Waals surface area contributed by atoms with Gasteiger partial charge in [0.05, 0.1) is 16.8 Å². The number of ether oxygens (including phenoxy) is 3. The normalized spacial score (nSPS) is 19.1. The Morgan fingerprint density at radius 1 is 1.14 bits per heavy atom. The fourth-order valence-electron chi connectivity index (χ4n) is 3.17. The maximum atomic E-state index is 12.9. The van der Waals surface area contributed by atoms with Crippen LogP contribution in [0.3, 0.4) is 0 Å². The Morgan fingerprint density at radius 2 is 1.86 bits per heavy atom. The van der Waals surface area contributed by atoms with Crippen molar-refractivity contribution in [3.05, 3.63) is 53.3 Å². The van der Waals surface area contributed by atoms with Gasteiger partial charge in [0, 0.05) is 13.2 Å². The van der Waals surface area contributed by atoms with Crippen molar-refractivity contribution in [1.29, 1.82) is 0 Å². The van der Waals surface area contributed by atoms with Crippen LogP contribution >= 0.6 is 11.3 Å². The zero-order valence-electron chi connectivity index (χ0n) is 15.8. The highest BCUT2D eigenvalue weighted by Crippen LogP contribution is 2.33. The molecule has 2 heterocycles. The average molecular weight is 398 g/mol. The third-order valence-electron chi connectivity index (χ3n) is 4.54. The van der Waals surface area contributed by atoms with E-state index in [1.165, 1.54) is 11.3 Å². The van der Waals surface area contributed by atoms with Gasteiger partial charge in [0.2, 0.25) is 6.10 Å². The van der Waals surface area contributed by atoms with Gasteiger partial charge < -0.3 is 18.8 Å². The summed E-state index contributed by atoms with van der Waals surface area (Å²) in [6, 6.07) is 15.4. The molecule has 0 spiro atoms. The SMILES string of the molecule is CCOCCn1c(=NC(=O)C2Oc3ccccc3OC2C)sc2ccccc21. The van der Waals surface area contributed by atoms with E-state index < -0.39 is 12.2 Å². The molecule has 1 aliphatic rings. The van der Waals surface area contributed by atoms with Crippen LogP contribution in [0.15, 0.2) is 53.5 Å². The van der Waals surface area contributed by atoms with Crippen molar-refractivity contribution in [3.8, 4) is 11.5 Å². The quantitative estimate of drug-likeness (QED) is 0.618. The molecule has 4 rings (SSSR count). The lowest BCUT2D eigenvalue weighted by Gasteiger charge is -2.29. The number of aromatic nitrogens is 1. The largest absolute Gasteiger partial charge is 0.482 e. The average Bonchev–Trinajstić information content (AvgIpc) is 3.04. The summed E-state index contributed by atoms with van der Waals surface area (Å²) in [4.78, 5) is 18.0. The fraction of sp³-hybridized carbons (Fsp3) is 0.333. The molecule has 2 aromatic carbocycles. The van der Waals surface area contributed by atoms with E-state index in [4.69, 9.17) is 14.2 Å². The number of carbonyl (C=O) groups excluding carboxylic acids is 1. The number of amides is 1. The third kappa shape index (κ3) is 3.68. The Morgan fingerprint density at radius 3 is 2.64 bits per heavy atom. The zero-order chi connectivity index (χ0) is 19.5. The smallest absolute Gasteiger partial charge is 0.293 e. The minimum Gasteiger partial charge on any atom is -0.482 e. The number of fused-ring (bicyclic) bond motifs is 2. The Labute approximate surface area is 167 Å². The first-order valence-electron chi connectivity index (χ1n) is 9.34. The molecule has 146 valence electrons. The van der Waals surface area contributed by atoms with E-state index in [1.54, 1.807) is 6.07 Å². The summed E-state index contributed by atoms with van der Waals surface area (Å²) >= 11 is 1.48. The number of nitrogens with zero attached hydrogens (tertiary/aromatic N) is 2. The second-order valence-corrected chi connectivity index (χ2v) is 7.47. The molecule has 0 radical (unpaired) electrons. The summed E-state index contributed by atoms with van der Waals surface area (Å²) in [5.74, 6) is 0.862. The lowest BCUT2D eigenvalue weighted by molar-refractivity contribution is -0.130. The van der Waals surface area contributed by atoms with Gasteiger partial charge in [0.15, 0.2) is 16.3 Å². The molecule has 2 unspecified atom stereocenters. The monoisotopic (exact) mass is 398 g/mol. The predicted octanol–water partition coefficient (Wildman–Crippen LogP) is 3.40. The van der Waals surface area contributed by atoms with Gasteiger partial charge in [-0.25, -0.2) is 0 Å². The van der Waals surface area contributed by atoms with Crippen molar-refractivity contribution >= 4 is 27.5 Å². The zero-order valence-corrected chi connectivity index (χ0v) is 16.6. The molecule has 28 heavy (non-hydrogen) atoms. The van der Waals surface area contributed by atoms with Crippen LogP contribution in [0.2, 0.25) is 0 Å². The van der Waals surface area contributed by atoms with Crippen LogP contribution in [0.25, 0.3) is 10.2 Å². The summed E-state index contributed by atoms with van der Waals surface area (Å²) in [6.45, 7) is 5.63. The number of hydrogen-bond acceptors (Lipinski definition) is 5. The molecule has 6 nitrogen and oxygen atoms in total. The van der Waals surface area contributed by atoms with Crippen molar-refractivity contribution in [2.45, 2.75) is 32.6 Å². The molecular formula is C21H22N2O4S. The standard InChI is InChI=1S/C21H22N2O4S/c1-3-25-13-12-23-15-8-4-7-11-18(15)28-21(23)22-20(24)19-14(2)26-16-9-5-6-10-17(16)27-19/h4-11,14,19H,3,12-13H2,1-2H3. The molecule has 0 saturated heterocycles. The third-order valence-corrected chi connectivity index (χ3v) is 5.60. The Balaban J connectivity index is 1.67. The van der Waals surface area contributed by atoms with Gasteiger partial charge in [-0.15, -0.1) is 0 Å². The molecule has 0 aliphatic carbocycles. The summed E-state index contributed by atoms with van der Waals surface area (Å²) in [5.41, 5.74) is 1.04. The lowest BCUT2D eigenvalue weighted by atomic mass is 10.1. The van der Waals surface area contributed by atoms with Crippen molar-refractivity contribution < 1.29 is 19.0 Å². The molecule has 1 amide bonds. The van der Waals surface area contributed by atoms with Gasteiger partial charge in [-0.3, -0.25) is 4.79 Å². The molecule has 0 saturated carbocycles. The summed E-state index contributed by atoms with van der Waals surface area (Å²) in [6.07, 6.45) is -1.20. The number of benzene rings is 2. The highest BCUT2D eigenvalue weighted by atomic mass is 32.1. The molecule has 1 aliphatic heterocycles. The van der Waals surface area contributed by atoms with E-state index in [-0.39, 0.29) is 5.91 Å². The topological polar surface area (TPSA) is 62.1 Å². The van der Waals surface area contributed by atoms with Gasteiger partial charge in [-0.1, -0.05) is 35.6 Å². The van der Waals surface area contributed by atoms with Crippen LogP contribution in [0.1, 0.15) is 13.8 Å². The molecule has 0 bridgehead atoms. The highest BCUT2D eigenvalue weighted by molar-refractivity contribution is 7.16. The van der Waals surface area contributed by atoms with Crippen molar-refractivity contribution in [3.63, 3.8) is 0 Å². The number of para-hydroxylation sites is 3. The number of carbonyl (C=O) groups is 1. The van der Waals surface area contributed by atoms with Crippen LogP contribution in [0.5, 0.6) is 11.5 Å². The molecular weight excluding hydrogens is 376 g/mol. The van der Waals surface area contributed by atoms with Crippen molar-refractivity contribution in [2.75, 3.05) is 13.2 Å². The Hall–Kier alpha value is -2.64. The second-order valence-electron chi connectivity index (χ2n) is 6.46. The fourth-order valence-corrected chi connectivity index (χ4v) is 4.23. The summed E-state index contributed by atoms with van der Waals surface area (Å²) < 4.78 is 20.3. The van der Waals surface area contributed by atoms with E-state index in [1.807, 2.05) is 60.9 Å². The molecule has 7 heteroatoms. The summed E-state index contributed by atoms with van der Waals surface area (Å²) in [7, 11) is 0. The minimum absolute atomic E-state index is 0.348. The lowest BCUT2D eigenvalue weighted by Crippen LogP contribution is -2.43. The molecule has 3 aromatic rings. The first-order valence-corrected chi connectivity index (χ1v) is 10.2. The van der Waals surface area contributed by atoms with Gasteiger partial charge in [0.25, 0.3) is 5.91 Å². The highest BCUT2D eigenvalue weighted by Gasteiger charge is 2.34. The Kier molecular flexibility index (Phi) is 5.45. The number of rotatable bonds is 5. The number of hydrogen-bond donors (Lipinski definition) is 0. The van der Waals surface area contributed by atoms with Gasteiger partial charge >= 0.3 is 0 Å². The van der Waals surface area contributed by atoms with Crippen LogP contribution in [0.4, 0.5) is 0 Å². The van der Waals surface area contributed by atoms with Gasteiger partial charge in [-0.2, -0.15) is 4.99 Å². The van der Waals surface area contributed by atoms with E-state index in [9.17, 15) is 4.79 Å². The van der Waals surface area contributed by atoms with Gasteiger partial charge in [-0.05, 0) is 38.1 Å². The van der Waals surface area contributed by atoms with Crippen molar-refractivity contribution in [1.82, 2.24) is 4.57 Å². The number of thiazole rings is 1. The van der Waals surface area contributed by atoms with Crippen LogP contribution < -0.4 is 14.3 Å². The molecule has 1 aromatic heterocycles. The van der Waals surface area contributed by atoms with Gasteiger partial charge in [0.1, 0.15) is 6.10 Å². The predicted molar refractivity (Wildman–Crippen MR) is 108 cm³/mol. The minimum atomic E-state index is -0.777. The maximum Gasteiger partial charge on any atom is 0.293 e. The van der Waals surface area contributed by atoms with Crippen LogP contribution in [0, 0.1) is 0 Å². The van der Waals surface area contributed by atoms with Crippen molar-refractivity contribution in [2.24, 2.45) is 4.99 Å². The van der Waals surface area contributed by atoms with E-state index in [0.717, 1.165) is 10.2 Å². The first-order chi connectivity index (χ1) is 13.7. The van der Waals surface area contributed by atoms with E-state index >= 15 is 0 Å². The molecule has 0 fully saturated rings. The van der Waals surface area contributed by atoms with Crippen LogP contribution in [-0.2, 0) is 16.1 Å².